The molecule has 82 heavy (non-hydrogen) atoms. The van der Waals surface area contributed by atoms with Crippen LogP contribution in [-0.4, -0.2) is 125 Å². The van der Waals surface area contributed by atoms with Gasteiger partial charge in [-0.3, -0.25) is 19.2 Å². The molecule has 6 saturated carbocycles. The minimum atomic E-state index is -1.14. The second-order valence-electron chi connectivity index (χ2n) is 26.2. The van der Waals surface area contributed by atoms with Crippen LogP contribution in [0.15, 0.2) is 116 Å². The molecule has 8 aliphatic carbocycles. The molecular formula is C66H84N6O10. The first-order valence-corrected chi connectivity index (χ1v) is 29.4. The lowest BCUT2D eigenvalue weighted by Crippen LogP contribution is -2.62. The van der Waals surface area contributed by atoms with Crippen molar-refractivity contribution >= 4 is 58.1 Å². The first-order valence-electron chi connectivity index (χ1n) is 29.4. The van der Waals surface area contributed by atoms with Crippen LogP contribution in [0.25, 0.3) is 0 Å². The van der Waals surface area contributed by atoms with Crippen molar-refractivity contribution < 1.29 is 48.3 Å². The van der Waals surface area contributed by atoms with Gasteiger partial charge < -0.3 is 39.9 Å². The number of nitrogen functional groups attached to an aromatic ring is 1. The number of esters is 2. The molecule has 2 aromatic carbocycles. The van der Waals surface area contributed by atoms with Crippen molar-refractivity contribution in [3.63, 3.8) is 0 Å². The number of carbonyl (C=O) groups excluding carboxylic acids is 4. The van der Waals surface area contributed by atoms with Crippen LogP contribution in [0.4, 0.5) is 11.4 Å². The Hall–Kier alpha value is -6.52. The fourth-order valence-corrected chi connectivity index (χ4v) is 17.9. The number of nitrogens with zero attached hydrogens (tertiary/aromatic N) is 5. The molecule has 2 aromatic rings. The van der Waals surface area contributed by atoms with E-state index in [2.05, 4.69) is 65.0 Å². The second kappa shape index (κ2) is 21.6. The molecule has 0 spiro atoms. The maximum atomic E-state index is 13.7. The van der Waals surface area contributed by atoms with Gasteiger partial charge in [-0.15, -0.1) is 0 Å². The van der Waals surface area contributed by atoms with Gasteiger partial charge in [0.15, 0.2) is 29.7 Å². The van der Waals surface area contributed by atoms with Gasteiger partial charge in [-0.25, -0.2) is 15.0 Å². The number of allylic oxidation sites excluding steroid dienone is 8. The summed E-state index contributed by atoms with van der Waals surface area (Å²) in [7, 11) is 3.69. The molecule has 0 aromatic heterocycles. The average molecular weight is 1120 g/mol. The lowest BCUT2D eigenvalue weighted by Gasteiger charge is -2.59. The first kappa shape index (κ1) is 58.7. The van der Waals surface area contributed by atoms with Gasteiger partial charge in [0.2, 0.25) is 5.78 Å². The topological polar surface area (TPSA) is 224 Å². The number of fused-ring (bicyclic) bond motifs is 14. The summed E-state index contributed by atoms with van der Waals surface area (Å²) in [6, 6.07) is 16.0. The van der Waals surface area contributed by atoms with Crippen LogP contribution in [0.3, 0.4) is 0 Å². The molecule has 10 aliphatic rings. The first-order chi connectivity index (χ1) is 38.7. The van der Waals surface area contributed by atoms with Gasteiger partial charge in [-0.05, 0) is 149 Å². The second-order valence-corrected chi connectivity index (χ2v) is 26.2. The highest BCUT2D eigenvalue weighted by molar-refractivity contribution is 6.07. The number of Topliss-reactive ketones (excluding diaryl/α,β-unsaturated/α-hetero) is 1. The van der Waals surface area contributed by atoms with Gasteiger partial charge in [0.05, 0.1) is 23.6 Å². The van der Waals surface area contributed by atoms with Gasteiger partial charge in [-0.1, -0.05) is 75.3 Å². The van der Waals surface area contributed by atoms with E-state index in [0.29, 0.717) is 36.8 Å². The number of aryl methyl sites for hydroxylation is 2. The normalized spacial score (nSPS) is 39.1. The quantitative estimate of drug-likeness (QED) is 0.0973. The third-order valence-corrected chi connectivity index (χ3v) is 21.0. The van der Waals surface area contributed by atoms with Crippen molar-refractivity contribution in [1.29, 1.82) is 0 Å². The Kier molecular flexibility index (Phi) is 15.4. The molecule has 0 unspecified atom stereocenters. The number of ketones is 2. The average Bonchev–Trinajstić information content (AvgIpc) is 1.52. The Bertz CT molecular complexity index is 3170. The number of hydrogen-bond donors (Lipinski definition) is 3. The molecule has 16 atom stereocenters. The molecule has 4 N–H and O–H groups in total. The van der Waals surface area contributed by atoms with E-state index >= 15 is 0 Å². The van der Waals surface area contributed by atoms with E-state index in [4.69, 9.17) is 44.8 Å². The fourth-order valence-electron chi connectivity index (χ4n) is 17.9. The largest absolute Gasteiger partial charge is 0.475 e. The minimum Gasteiger partial charge on any atom is -0.475 e. The standard InChI is InChI=1S/C32H38N2O5.C27H37N3O5.C7H9N/c1-18-7-6-8-22(13-18)33-23-11-12-30(4)21(14-23)9-10-24-25-15-28-32(34-19(2)39-28,27(37)17-38-20(3)35)31(25,5)16-26(36)29(24)30;1-15-28-27(22(29-30(5)6)14-34-16(2)31)23(35-15)12-20-19-8-7-17-11-18(32)9-10-25(17,3)24(19)21(33)13-26(20,27)4;1-6-3-2-4-7(8)5-6/h6-8,11-14,24-26,28-29,36H,9-10,15-17H2,1-5H3;9-11,19-21,23-24,33H,7-8,12-14H2,1-6H3;2-5H,8H2,1H3/b;29-22-;/t24-,25-,26-,28+,29+,30-,31-,32+;19-,20-,21-,23+,24+,25-,26-,27+;/m00./s1. The maximum Gasteiger partial charge on any atom is 0.303 e. The summed E-state index contributed by atoms with van der Waals surface area (Å²) in [4.78, 5) is 64.0. The number of aliphatic hydroxyl groups is 2. The predicted molar refractivity (Wildman–Crippen MR) is 316 cm³/mol. The Morgan fingerprint density at radius 3 is 1.77 bits per heavy atom. The number of rotatable bonds is 8. The number of anilines is 1. The zero-order valence-corrected chi connectivity index (χ0v) is 49.9. The molecule has 12 rings (SSSR count). The molecule has 2 heterocycles. The summed E-state index contributed by atoms with van der Waals surface area (Å²) in [6.45, 7) is 18.9. The molecule has 6 fully saturated rings. The monoisotopic (exact) mass is 1120 g/mol. The van der Waals surface area contributed by atoms with Crippen molar-refractivity contribution in [3.05, 3.63) is 107 Å². The summed E-state index contributed by atoms with van der Waals surface area (Å²) < 4.78 is 23.1. The summed E-state index contributed by atoms with van der Waals surface area (Å²) in [5.74, 6) is 0.947. The lowest BCUT2D eigenvalue weighted by molar-refractivity contribution is -0.154. The highest BCUT2D eigenvalue weighted by atomic mass is 16.5. The zero-order chi connectivity index (χ0) is 59.1. The van der Waals surface area contributed by atoms with Crippen molar-refractivity contribution in [1.82, 2.24) is 5.01 Å². The van der Waals surface area contributed by atoms with Gasteiger partial charge in [0.1, 0.15) is 30.1 Å². The Labute approximate surface area is 483 Å². The number of hydrogen-bond acceptors (Lipinski definition) is 16. The molecule has 0 amide bonds. The maximum absolute atomic E-state index is 13.7. The van der Waals surface area contributed by atoms with Gasteiger partial charge >= 0.3 is 11.9 Å². The van der Waals surface area contributed by atoms with Crippen LogP contribution in [0.5, 0.6) is 0 Å². The highest BCUT2D eigenvalue weighted by Gasteiger charge is 2.76. The van der Waals surface area contributed by atoms with Gasteiger partial charge in [0, 0.05) is 81.0 Å². The van der Waals surface area contributed by atoms with Crippen molar-refractivity contribution in [3.8, 4) is 0 Å². The number of aliphatic imine (C=N–C) groups is 3. The summed E-state index contributed by atoms with van der Waals surface area (Å²) in [5.41, 5.74) is 10.1. The van der Waals surface area contributed by atoms with Crippen molar-refractivity contribution in [2.45, 2.75) is 156 Å². The van der Waals surface area contributed by atoms with Crippen LogP contribution in [0, 0.1) is 71.0 Å². The van der Waals surface area contributed by atoms with Crippen LogP contribution >= 0.6 is 0 Å². The number of benzene rings is 2. The minimum absolute atomic E-state index is 0.0218. The SMILES string of the molecule is CC(=O)OC/C(=N/N(C)C)[C@@]12N=C(C)O[C@@H]1C[C@H]1[C@@H]3CCC4=CC(=O)C=C[C@]4(C)[C@H]3[C@@H](O)C[C@@]12C.CC(=O)OCC(=O)[C@@]12N=C(C)O[C@@H]1C[C@H]1[C@@H]3CCC4=CC(=Nc5cccc(C)c5)C=C[C@]4(C)[C@H]3[C@@H](O)C[C@@]12C.Cc1cccc(N)c1. The van der Waals surface area contributed by atoms with Crippen LogP contribution < -0.4 is 5.73 Å². The molecular weight excluding hydrogens is 1040 g/mol. The molecule has 2 aliphatic heterocycles. The van der Waals surface area contributed by atoms with E-state index in [9.17, 15) is 29.4 Å². The van der Waals surface area contributed by atoms with Gasteiger partial charge in [0.25, 0.3) is 0 Å². The predicted octanol–water partition coefficient (Wildman–Crippen LogP) is 9.56. The Morgan fingerprint density at radius 1 is 0.720 bits per heavy atom. The van der Waals surface area contributed by atoms with Crippen molar-refractivity contribution in [2.24, 2.45) is 77.2 Å². The third-order valence-electron chi connectivity index (χ3n) is 21.0. The van der Waals surface area contributed by atoms with E-state index in [0.717, 1.165) is 54.8 Å². The number of hydrazone groups is 1. The summed E-state index contributed by atoms with van der Waals surface area (Å²) in [6.07, 6.45) is 16.3. The number of ether oxygens (including phenoxy) is 4. The van der Waals surface area contributed by atoms with Gasteiger partial charge in [-0.2, -0.15) is 5.10 Å². The smallest absolute Gasteiger partial charge is 0.303 e. The molecule has 0 saturated heterocycles. The van der Waals surface area contributed by atoms with E-state index in [1.807, 2.05) is 70.4 Å². The van der Waals surface area contributed by atoms with Crippen LogP contribution in [-0.2, 0) is 38.1 Å². The van der Waals surface area contributed by atoms with Crippen molar-refractivity contribution in [2.75, 3.05) is 33.0 Å². The molecule has 0 radical (unpaired) electrons. The highest BCUT2D eigenvalue weighted by Crippen LogP contribution is 2.71. The Balaban J connectivity index is 0.000000162. The molecule has 0 bridgehead atoms. The van der Waals surface area contributed by atoms with Crippen LogP contribution in [0.1, 0.15) is 118 Å². The zero-order valence-electron chi connectivity index (χ0n) is 49.9. The molecule has 16 heteroatoms. The number of nitrogens with two attached hydrogens (primary N) is 1. The van der Waals surface area contributed by atoms with E-state index < -0.39 is 46.2 Å². The summed E-state index contributed by atoms with van der Waals surface area (Å²) in [5, 5.41) is 30.2. The van der Waals surface area contributed by atoms with E-state index in [1.165, 1.54) is 30.5 Å². The number of aliphatic hydroxyl groups excluding tert-OH is 2. The van der Waals surface area contributed by atoms with E-state index in [-0.39, 0.29) is 83.2 Å². The van der Waals surface area contributed by atoms with E-state index in [1.54, 1.807) is 24.1 Å². The molecule has 16 nitrogen and oxygen atoms in total. The molecule has 438 valence electrons. The number of carbonyl (C=O) groups is 4. The van der Waals surface area contributed by atoms with Crippen LogP contribution in [0.2, 0.25) is 0 Å². The third kappa shape index (κ3) is 9.70. The Morgan fingerprint density at radius 2 is 1.23 bits per heavy atom. The summed E-state index contributed by atoms with van der Waals surface area (Å²) >= 11 is 0. The lowest BCUT2D eigenvalue weighted by atomic mass is 9.46. The fraction of sp³-hybridized carbons (Fsp3) is 0.576.